The summed E-state index contributed by atoms with van der Waals surface area (Å²) in [5.74, 6) is 1.41. The quantitative estimate of drug-likeness (QED) is 0.532. The molecule has 1 aromatic heterocycles. The van der Waals surface area contributed by atoms with E-state index < -0.39 is 0 Å². The van der Waals surface area contributed by atoms with Crippen molar-refractivity contribution >= 4 is 23.0 Å². The van der Waals surface area contributed by atoms with Crippen molar-refractivity contribution in [1.29, 1.82) is 0 Å². The van der Waals surface area contributed by atoms with Gasteiger partial charge in [0, 0.05) is 47.8 Å². The lowest BCUT2D eigenvalue weighted by Gasteiger charge is -2.26. The molecule has 6 heteroatoms. The van der Waals surface area contributed by atoms with Crippen LogP contribution in [0.15, 0.2) is 67.0 Å². The third kappa shape index (κ3) is 4.81. The molecular weight excluding hydrogens is 388 g/mol. The van der Waals surface area contributed by atoms with E-state index in [0.717, 1.165) is 30.0 Å². The lowest BCUT2D eigenvalue weighted by molar-refractivity contribution is 0.138. The normalized spacial score (nSPS) is 15.9. The van der Waals surface area contributed by atoms with Crippen LogP contribution in [0.5, 0.6) is 11.5 Å². The van der Waals surface area contributed by atoms with E-state index in [0.29, 0.717) is 29.7 Å². The summed E-state index contributed by atoms with van der Waals surface area (Å²) in [4.78, 5) is 6.43. The lowest BCUT2D eigenvalue weighted by atomic mass is 10.1. The molecule has 5 nitrogen and oxygen atoms in total. The molecular formula is C23H23ClN2O3. The molecule has 0 aliphatic carbocycles. The summed E-state index contributed by atoms with van der Waals surface area (Å²) in [6.45, 7) is 1.97. The molecule has 0 amide bonds. The molecule has 1 aliphatic rings. The van der Waals surface area contributed by atoms with Gasteiger partial charge < -0.3 is 19.1 Å². The predicted molar refractivity (Wildman–Crippen MR) is 114 cm³/mol. The summed E-state index contributed by atoms with van der Waals surface area (Å²) in [6, 6.07) is 17.8. The molecule has 0 saturated carbocycles. The average Bonchev–Trinajstić information content (AvgIpc) is 3.26. The van der Waals surface area contributed by atoms with Crippen LogP contribution in [0, 0.1) is 0 Å². The number of anilines is 2. The van der Waals surface area contributed by atoms with E-state index in [-0.39, 0.29) is 6.10 Å². The van der Waals surface area contributed by atoms with E-state index in [4.69, 9.17) is 25.8 Å². The Kier molecular flexibility index (Phi) is 6.17. The number of halogens is 1. The van der Waals surface area contributed by atoms with E-state index in [1.807, 2.05) is 54.7 Å². The summed E-state index contributed by atoms with van der Waals surface area (Å²) >= 11 is 6.27. The van der Waals surface area contributed by atoms with Crippen molar-refractivity contribution in [3.8, 4) is 11.5 Å². The van der Waals surface area contributed by atoms with Crippen molar-refractivity contribution in [2.24, 2.45) is 0 Å². The number of ether oxygens (including phenoxy) is 3. The molecule has 0 radical (unpaired) electrons. The molecule has 3 aromatic rings. The molecule has 29 heavy (non-hydrogen) atoms. The van der Waals surface area contributed by atoms with Gasteiger partial charge in [-0.3, -0.25) is 4.98 Å². The second kappa shape index (κ2) is 9.16. The third-order valence-electron chi connectivity index (χ3n) is 4.82. The Morgan fingerprint density at radius 3 is 2.72 bits per heavy atom. The molecule has 1 atom stereocenters. The minimum Gasteiger partial charge on any atom is -0.493 e. The van der Waals surface area contributed by atoms with Crippen LogP contribution in [0.4, 0.5) is 11.4 Å². The topological polar surface area (TPSA) is 43.8 Å². The SMILES string of the molecule is COc1ccc(N(Cc2cccnc2)c2cccc(Cl)c2)cc1OC1CCOC1. The molecule has 0 N–H and O–H groups in total. The first-order valence-electron chi connectivity index (χ1n) is 9.57. The van der Waals surface area contributed by atoms with Gasteiger partial charge in [-0.05, 0) is 42.0 Å². The van der Waals surface area contributed by atoms with Crippen molar-refractivity contribution < 1.29 is 14.2 Å². The van der Waals surface area contributed by atoms with Crippen LogP contribution < -0.4 is 14.4 Å². The number of benzene rings is 2. The summed E-state index contributed by atoms with van der Waals surface area (Å²) in [6.07, 6.45) is 4.56. The first-order valence-corrected chi connectivity index (χ1v) is 9.95. The monoisotopic (exact) mass is 410 g/mol. The van der Waals surface area contributed by atoms with Crippen LogP contribution in [0.2, 0.25) is 5.02 Å². The third-order valence-corrected chi connectivity index (χ3v) is 5.06. The minimum atomic E-state index is 0.0390. The lowest BCUT2D eigenvalue weighted by Crippen LogP contribution is -2.18. The highest BCUT2D eigenvalue weighted by molar-refractivity contribution is 6.30. The molecule has 2 aromatic carbocycles. The number of pyridine rings is 1. The van der Waals surface area contributed by atoms with Gasteiger partial charge in [0.2, 0.25) is 0 Å². The van der Waals surface area contributed by atoms with Gasteiger partial charge in [0.05, 0.1) is 20.3 Å². The summed E-state index contributed by atoms with van der Waals surface area (Å²) in [5.41, 5.74) is 3.06. The van der Waals surface area contributed by atoms with Crippen molar-refractivity contribution in [1.82, 2.24) is 4.98 Å². The van der Waals surface area contributed by atoms with Crippen molar-refractivity contribution in [2.75, 3.05) is 25.2 Å². The van der Waals surface area contributed by atoms with Crippen LogP contribution in [0.25, 0.3) is 0 Å². The van der Waals surface area contributed by atoms with E-state index in [2.05, 4.69) is 16.0 Å². The molecule has 1 fully saturated rings. The number of nitrogens with zero attached hydrogens (tertiary/aromatic N) is 2. The molecule has 2 heterocycles. The van der Waals surface area contributed by atoms with Crippen LogP contribution in [-0.4, -0.2) is 31.4 Å². The predicted octanol–water partition coefficient (Wildman–Crippen LogP) is 5.25. The molecule has 1 aliphatic heterocycles. The fourth-order valence-corrected chi connectivity index (χ4v) is 3.55. The second-order valence-electron chi connectivity index (χ2n) is 6.87. The van der Waals surface area contributed by atoms with E-state index in [1.54, 1.807) is 13.3 Å². The number of aromatic nitrogens is 1. The second-order valence-corrected chi connectivity index (χ2v) is 7.30. The fraction of sp³-hybridized carbons (Fsp3) is 0.261. The molecule has 150 valence electrons. The highest BCUT2D eigenvalue weighted by Crippen LogP contribution is 2.37. The summed E-state index contributed by atoms with van der Waals surface area (Å²) in [7, 11) is 1.65. The van der Waals surface area contributed by atoms with Gasteiger partial charge >= 0.3 is 0 Å². The Hall–Kier alpha value is -2.76. The van der Waals surface area contributed by atoms with Crippen molar-refractivity contribution in [2.45, 2.75) is 19.1 Å². The maximum atomic E-state index is 6.27. The Balaban J connectivity index is 1.71. The zero-order valence-corrected chi connectivity index (χ0v) is 17.0. The maximum Gasteiger partial charge on any atom is 0.163 e. The minimum absolute atomic E-state index is 0.0390. The molecule has 0 spiro atoms. The highest BCUT2D eigenvalue weighted by atomic mass is 35.5. The van der Waals surface area contributed by atoms with Gasteiger partial charge in [-0.25, -0.2) is 0 Å². The first-order chi connectivity index (χ1) is 14.2. The van der Waals surface area contributed by atoms with Crippen LogP contribution in [-0.2, 0) is 11.3 Å². The van der Waals surface area contributed by atoms with Gasteiger partial charge in [0.1, 0.15) is 6.10 Å². The smallest absolute Gasteiger partial charge is 0.163 e. The molecule has 4 rings (SSSR count). The van der Waals surface area contributed by atoms with Crippen LogP contribution in [0.3, 0.4) is 0 Å². The Labute approximate surface area is 175 Å². The van der Waals surface area contributed by atoms with Gasteiger partial charge in [0.25, 0.3) is 0 Å². The van der Waals surface area contributed by atoms with Gasteiger partial charge in [-0.15, -0.1) is 0 Å². The number of hydrogen-bond acceptors (Lipinski definition) is 5. The zero-order chi connectivity index (χ0) is 20.1. The highest BCUT2D eigenvalue weighted by Gasteiger charge is 2.20. The summed E-state index contributed by atoms with van der Waals surface area (Å²) in [5, 5.41) is 0.687. The number of methoxy groups -OCH3 is 1. The largest absolute Gasteiger partial charge is 0.493 e. The molecule has 0 bridgehead atoms. The van der Waals surface area contributed by atoms with Crippen LogP contribution in [0.1, 0.15) is 12.0 Å². The van der Waals surface area contributed by atoms with Crippen LogP contribution >= 0.6 is 11.6 Å². The van der Waals surface area contributed by atoms with Crippen molar-refractivity contribution in [3.63, 3.8) is 0 Å². The number of hydrogen-bond donors (Lipinski definition) is 0. The van der Waals surface area contributed by atoms with Gasteiger partial charge in [-0.2, -0.15) is 0 Å². The van der Waals surface area contributed by atoms with Gasteiger partial charge in [-0.1, -0.05) is 23.7 Å². The van der Waals surface area contributed by atoms with E-state index in [9.17, 15) is 0 Å². The van der Waals surface area contributed by atoms with E-state index in [1.165, 1.54) is 0 Å². The molecule has 1 unspecified atom stereocenters. The van der Waals surface area contributed by atoms with Crippen molar-refractivity contribution in [3.05, 3.63) is 77.6 Å². The Bertz CT molecular complexity index is 946. The average molecular weight is 411 g/mol. The van der Waals surface area contributed by atoms with E-state index >= 15 is 0 Å². The fourth-order valence-electron chi connectivity index (χ4n) is 3.36. The standard InChI is InChI=1S/C23H23ClN2O3/c1-27-22-8-7-20(13-23(22)29-21-9-11-28-16-21)26(15-17-4-3-10-25-14-17)19-6-2-5-18(24)12-19/h2-8,10,12-14,21H,9,11,15-16H2,1H3. The zero-order valence-electron chi connectivity index (χ0n) is 16.3. The van der Waals surface area contributed by atoms with Gasteiger partial charge in [0.15, 0.2) is 11.5 Å². The summed E-state index contributed by atoms with van der Waals surface area (Å²) < 4.78 is 17.1. The Morgan fingerprint density at radius 2 is 2.00 bits per heavy atom. The first kappa shape index (κ1) is 19.6. The maximum absolute atomic E-state index is 6.27. The molecule has 1 saturated heterocycles. The Morgan fingerprint density at radius 1 is 1.10 bits per heavy atom. The number of rotatable bonds is 7.